The van der Waals surface area contributed by atoms with Gasteiger partial charge in [-0.3, -0.25) is 10.1 Å². The summed E-state index contributed by atoms with van der Waals surface area (Å²) in [6.45, 7) is 0.286. The summed E-state index contributed by atoms with van der Waals surface area (Å²) in [5.74, 6) is 0.523. The first-order valence-electron chi connectivity index (χ1n) is 6.85. The van der Waals surface area contributed by atoms with Crippen LogP contribution in [0.1, 0.15) is 18.4 Å². The number of ether oxygens (including phenoxy) is 2. The number of nitro groups is 1. The summed E-state index contributed by atoms with van der Waals surface area (Å²) >= 11 is 0. The van der Waals surface area contributed by atoms with Gasteiger partial charge in [0, 0.05) is 0 Å². The average molecular weight is 285 g/mol. The van der Waals surface area contributed by atoms with Gasteiger partial charge in [0.05, 0.1) is 11.0 Å². The Kier molecular flexibility index (Phi) is 3.73. The molecule has 3 rings (SSSR count). The molecule has 5 nitrogen and oxygen atoms in total. The fraction of sp³-hybridized carbons (Fsp3) is 0.250. The zero-order valence-corrected chi connectivity index (χ0v) is 11.4. The fourth-order valence-corrected chi connectivity index (χ4v) is 1.99. The molecular formula is C16H15NO4. The molecule has 0 N–H and O–H groups in total. The van der Waals surface area contributed by atoms with Crippen molar-refractivity contribution in [3.8, 4) is 11.5 Å². The highest BCUT2D eigenvalue weighted by molar-refractivity contribution is 5.57. The van der Waals surface area contributed by atoms with E-state index < -0.39 is 4.92 Å². The van der Waals surface area contributed by atoms with E-state index in [4.69, 9.17) is 9.47 Å². The lowest BCUT2D eigenvalue weighted by Crippen LogP contribution is -2.03. The zero-order valence-electron chi connectivity index (χ0n) is 11.4. The van der Waals surface area contributed by atoms with E-state index in [-0.39, 0.29) is 29.9 Å². The molecule has 0 bridgehead atoms. The summed E-state index contributed by atoms with van der Waals surface area (Å²) in [4.78, 5) is 10.9. The second-order valence-corrected chi connectivity index (χ2v) is 4.95. The standard InChI is InChI=1S/C16H15NO4/c18-17(19)16-14(20-11-12-5-2-1-3-6-12)7-4-8-15(16)21-13-9-10-13/h1-8,13H,9-11H2. The monoisotopic (exact) mass is 285 g/mol. The first kappa shape index (κ1) is 13.4. The van der Waals surface area contributed by atoms with E-state index in [1.807, 2.05) is 30.3 Å². The summed E-state index contributed by atoms with van der Waals surface area (Å²) in [6, 6.07) is 14.5. The molecule has 1 aliphatic carbocycles. The first-order chi connectivity index (χ1) is 10.2. The van der Waals surface area contributed by atoms with Crippen LogP contribution in [-0.4, -0.2) is 11.0 Å². The van der Waals surface area contributed by atoms with Crippen molar-refractivity contribution >= 4 is 5.69 Å². The molecule has 2 aromatic rings. The minimum atomic E-state index is -0.446. The van der Waals surface area contributed by atoms with Gasteiger partial charge in [-0.2, -0.15) is 0 Å². The van der Waals surface area contributed by atoms with Gasteiger partial charge in [0.25, 0.3) is 0 Å². The van der Waals surface area contributed by atoms with Crippen LogP contribution in [0, 0.1) is 10.1 Å². The third kappa shape index (κ3) is 3.31. The number of hydrogen-bond donors (Lipinski definition) is 0. The molecule has 0 aromatic heterocycles. The van der Waals surface area contributed by atoms with E-state index in [1.54, 1.807) is 18.2 Å². The third-order valence-electron chi connectivity index (χ3n) is 3.20. The van der Waals surface area contributed by atoms with Gasteiger partial charge in [-0.1, -0.05) is 36.4 Å². The van der Waals surface area contributed by atoms with Crippen molar-refractivity contribution in [3.63, 3.8) is 0 Å². The van der Waals surface area contributed by atoms with Gasteiger partial charge in [0.1, 0.15) is 6.61 Å². The van der Waals surface area contributed by atoms with E-state index in [0.29, 0.717) is 0 Å². The van der Waals surface area contributed by atoms with E-state index in [2.05, 4.69) is 0 Å². The lowest BCUT2D eigenvalue weighted by Gasteiger charge is -2.10. The molecule has 2 aromatic carbocycles. The molecular weight excluding hydrogens is 270 g/mol. The molecule has 0 spiro atoms. The topological polar surface area (TPSA) is 61.6 Å². The van der Waals surface area contributed by atoms with E-state index >= 15 is 0 Å². The van der Waals surface area contributed by atoms with Crippen molar-refractivity contribution in [2.24, 2.45) is 0 Å². The van der Waals surface area contributed by atoms with Crippen molar-refractivity contribution in [1.29, 1.82) is 0 Å². The predicted octanol–water partition coefficient (Wildman–Crippen LogP) is 3.72. The largest absolute Gasteiger partial charge is 0.483 e. The summed E-state index contributed by atoms with van der Waals surface area (Å²) in [7, 11) is 0. The van der Waals surface area contributed by atoms with Crippen molar-refractivity contribution in [2.75, 3.05) is 0 Å². The molecule has 1 saturated carbocycles. The van der Waals surface area contributed by atoms with Gasteiger partial charge in [-0.25, -0.2) is 0 Å². The highest BCUT2D eigenvalue weighted by atomic mass is 16.6. The van der Waals surface area contributed by atoms with Gasteiger partial charge in [-0.15, -0.1) is 0 Å². The van der Waals surface area contributed by atoms with Crippen LogP contribution in [0.2, 0.25) is 0 Å². The van der Waals surface area contributed by atoms with E-state index in [1.165, 1.54) is 0 Å². The zero-order chi connectivity index (χ0) is 14.7. The lowest BCUT2D eigenvalue weighted by atomic mass is 10.2. The maximum Gasteiger partial charge on any atom is 0.352 e. The molecule has 108 valence electrons. The maximum atomic E-state index is 11.3. The molecule has 0 saturated heterocycles. The second-order valence-electron chi connectivity index (χ2n) is 4.95. The molecule has 1 fully saturated rings. The van der Waals surface area contributed by atoms with Gasteiger partial charge in [-0.05, 0) is 30.5 Å². The Hall–Kier alpha value is -2.56. The normalized spacial score (nSPS) is 13.7. The van der Waals surface area contributed by atoms with E-state index in [9.17, 15) is 10.1 Å². The maximum absolute atomic E-state index is 11.3. The van der Waals surface area contributed by atoms with Gasteiger partial charge < -0.3 is 9.47 Å². The number of para-hydroxylation sites is 1. The molecule has 0 atom stereocenters. The quantitative estimate of drug-likeness (QED) is 0.599. The van der Waals surface area contributed by atoms with Crippen LogP contribution in [0.15, 0.2) is 48.5 Å². The van der Waals surface area contributed by atoms with Crippen molar-refractivity contribution in [2.45, 2.75) is 25.6 Å². The Morgan fingerprint density at radius 3 is 2.43 bits per heavy atom. The molecule has 5 heteroatoms. The molecule has 0 unspecified atom stereocenters. The molecule has 0 radical (unpaired) electrons. The smallest absolute Gasteiger partial charge is 0.352 e. The Balaban J connectivity index is 1.81. The number of hydrogen-bond acceptors (Lipinski definition) is 4. The van der Waals surface area contributed by atoms with Crippen LogP contribution < -0.4 is 9.47 Å². The molecule has 1 aliphatic rings. The van der Waals surface area contributed by atoms with Gasteiger partial charge in [0.2, 0.25) is 11.5 Å². The van der Waals surface area contributed by atoms with Crippen molar-refractivity contribution in [3.05, 3.63) is 64.2 Å². The number of nitrogens with zero attached hydrogens (tertiary/aromatic N) is 1. The molecule has 0 heterocycles. The number of rotatable bonds is 6. The fourth-order valence-electron chi connectivity index (χ4n) is 1.99. The average Bonchev–Trinajstić information content (AvgIpc) is 3.30. The molecule has 0 aliphatic heterocycles. The lowest BCUT2D eigenvalue weighted by molar-refractivity contribution is -0.387. The third-order valence-corrected chi connectivity index (χ3v) is 3.20. The molecule has 0 amide bonds. The van der Waals surface area contributed by atoms with Crippen LogP contribution in [0.5, 0.6) is 11.5 Å². The summed E-state index contributed by atoms with van der Waals surface area (Å²) in [5, 5.41) is 11.3. The van der Waals surface area contributed by atoms with Crippen LogP contribution in [0.3, 0.4) is 0 Å². The highest BCUT2D eigenvalue weighted by Crippen LogP contribution is 2.39. The number of benzene rings is 2. The highest BCUT2D eigenvalue weighted by Gasteiger charge is 2.29. The first-order valence-corrected chi connectivity index (χ1v) is 6.85. The summed E-state index contributed by atoms with van der Waals surface area (Å²) in [5.41, 5.74) is 0.862. The minimum Gasteiger partial charge on any atom is -0.483 e. The van der Waals surface area contributed by atoms with Gasteiger partial charge in [0.15, 0.2) is 0 Å². The number of nitro benzene ring substituents is 1. The Morgan fingerprint density at radius 2 is 1.76 bits per heavy atom. The van der Waals surface area contributed by atoms with Crippen LogP contribution >= 0.6 is 0 Å². The molecule has 21 heavy (non-hydrogen) atoms. The predicted molar refractivity (Wildman–Crippen MR) is 77.5 cm³/mol. The Bertz CT molecular complexity index is 638. The SMILES string of the molecule is O=[N+]([O-])c1c(OCc2ccccc2)cccc1OC1CC1. The Labute approximate surface area is 122 Å². The van der Waals surface area contributed by atoms with Gasteiger partial charge >= 0.3 is 5.69 Å². The van der Waals surface area contributed by atoms with E-state index in [0.717, 1.165) is 18.4 Å². The summed E-state index contributed by atoms with van der Waals surface area (Å²) < 4.78 is 11.2. The van der Waals surface area contributed by atoms with Crippen LogP contribution in [-0.2, 0) is 6.61 Å². The summed E-state index contributed by atoms with van der Waals surface area (Å²) in [6.07, 6.45) is 2.01. The van der Waals surface area contributed by atoms with Crippen LogP contribution in [0.4, 0.5) is 5.69 Å². The minimum absolute atomic E-state index is 0.0969. The van der Waals surface area contributed by atoms with Crippen molar-refractivity contribution in [1.82, 2.24) is 0 Å². The van der Waals surface area contributed by atoms with Crippen molar-refractivity contribution < 1.29 is 14.4 Å². The second kappa shape index (κ2) is 5.83. The van der Waals surface area contributed by atoms with Crippen LogP contribution in [0.25, 0.3) is 0 Å². The Morgan fingerprint density at radius 1 is 1.05 bits per heavy atom.